The normalized spacial score (nSPS) is 10.8. The van der Waals surface area contributed by atoms with Gasteiger partial charge in [0.2, 0.25) is 0 Å². The minimum atomic E-state index is -0.509. The number of nitro groups is 1. The Labute approximate surface area is 152 Å². The third-order valence-corrected chi connectivity index (χ3v) is 4.29. The molecule has 0 spiro atoms. The van der Waals surface area contributed by atoms with Crippen molar-refractivity contribution in [3.63, 3.8) is 0 Å². The molecule has 0 unspecified atom stereocenters. The highest BCUT2D eigenvalue weighted by atomic mass is 35.5. The zero-order valence-electron chi connectivity index (χ0n) is 13.0. The van der Waals surface area contributed by atoms with Crippen molar-refractivity contribution in [2.45, 2.75) is 6.54 Å². The van der Waals surface area contributed by atoms with Crippen molar-refractivity contribution in [2.75, 3.05) is 7.05 Å². The highest BCUT2D eigenvalue weighted by Crippen LogP contribution is 2.26. The SMILES string of the molecule is CN(Cc1cc([N+](=O)[O-])ccc1Cl)C(=O)c1cc2cc(Cl)ccc2o1. The standard InChI is InChI=1S/C17H12Cl2N2O4/c1-20(9-11-7-13(21(23)24)3-4-14(11)19)17(22)16-8-10-6-12(18)2-5-15(10)25-16/h2-8H,9H2,1H3. The molecule has 128 valence electrons. The molecule has 1 heterocycles. The molecule has 3 rings (SSSR count). The first-order valence-electron chi connectivity index (χ1n) is 7.22. The highest BCUT2D eigenvalue weighted by Gasteiger charge is 2.19. The number of non-ortho nitro benzene ring substituents is 1. The second-order valence-electron chi connectivity index (χ2n) is 5.49. The van der Waals surface area contributed by atoms with Crippen molar-refractivity contribution in [3.8, 4) is 0 Å². The number of rotatable bonds is 4. The van der Waals surface area contributed by atoms with Crippen LogP contribution in [0.25, 0.3) is 11.0 Å². The van der Waals surface area contributed by atoms with Gasteiger partial charge in [0.05, 0.1) is 4.92 Å². The van der Waals surface area contributed by atoms with E-state index in [-0.39, 0.29) is 23.9 Å². The number of carbonyl (C=O) groups excluding carboxylic acids is 1. The number of benzene rings is 2. The fraction of sp³-hybridized carbons (Fsp3) is 0.118. The van der Waals surface area contributed by atoms with E-state index in [1.165, 1.54) is 23.1 Å². The van der Waals surface area contributed by atoms with Crippen LogP contribution >= 0.6 is 23.2 Å². The van der Waals surface area contributed by atoms with Crippen molar-refractivity contribution in [1.82, 2.24) is 4.90 Å². The van der Waals surface area contributed by atoms with Gasteiger partial charge in [-0.05, 0) is 35.9 Å². The number of furan rings is 1. The molecule has 0 aliphatic rings. The van der Waals surface area contributed by atoms with E-state index in [1.807, 2.05) is 0 Å². The summed E-state index contributed by atoms with van der Waals surface area (Å²) in [4.78, 5) is 24.3. The lowest BCUT2D eigenvalue weighted by atomic mass is 10.2. The van der Waals surface area contributed by atoms with Crippen molar-refractivity contribution < 1.29 is 14.1 Å². The fourth-order valence-electron chi connectivity index (χ4n) is 2.43. The maximum atomic E-state index is 12.6. The molecule has 1 aromatic heterocycles. The number of halogens is 2. The van der Waals surface area contributed by atoms with Gasteiger partial charge in [-0.1, -0.05) is 23.2 Å². The molecule has 25 heavy (non-hydrogen) atoms. The van der Waals surface area contributed by atoms with Crippen LogP contribution in [0.2, 0.25) is 10.0 Å². The van der Waals surface area contributed by atoms with E-state index in [4.69, 9.17) is 27.6 Å². The van der Waals surface area contributed by atoms with Crippen LogP contribution in [0.15, 0.2) is 46.9 Å². The van der Waals surface area contributed by atoms with Gasteiger partial charge >= 0.3 is 0 Å². The average molecular weight is 379 g/mol. The number of amides is 1. The Hall–Kier alpha value is -2.57. The Morgan fingerprint density at radius 1 is 1.20 bits per heavy atom. The number of nitrogens with zero attached hydrogens (tertiary/aromatic N) is 2. The van der Waals surface area contributed by atoms with Crippen LogP contribution in [0, 0.1) is 10.1 Å². The van der Waals surface area contributed by atoms with Crippen LogP contribution in [-0.4, -0.2) is 22.8 Å². The van der Waals surface area contributed by atoms with Gasteiger partial charge in [0, 0.05) is 41.2 Å². The van der Waals surface area contributed by atoms with Crippen molar-refractivity contribution in [2.24, 2.45) is 0 Å². The third kappa shape index (κ3) is 3.60. The van der Waals surface area contributed by atoms with Gasteiger partial charge in [-0.15, -0.1) is 0 Å². The molecule has 1 amide bonds. The molecule has 3 aromatic rings. The zero-order valence-corrected chi connectivity index (χ0v) is 14.5. The Kier molecular flexibility index (Phi) is 4.65. The summed E-state index contributed by atoms with van der Waals surface area (Å²) in [5, 5.41) is 12.5. The number of hydrogen-bond acceptors (Lipinski definition) is 4. The van der Waals surface area contributed by atoms with Crippen molar-refractivity contribution in [1.29, 1.82) is 0 Å². The van der Waals surface area contributed by atoms with E-state index in [1.54, 1.807) is 31.3 Å². The van der Waals surface area contributed by atoms with Crippen molar-refractivity contribution >= 4 is 45.8 Å². The summed E-state index contributed by atoms with van der Waals surface area (Å²) in [6.07, 6.45) is 0. The van der Waals surface area contributed by atoms with Crippen molar-refractivity contribution in [3.05, 3.63) is 73.9 Å². The number of hydrogen-bond donors (Lipinski definition) is 0. The molecule has 0 atom stereocenters. The first kappa shape index (κ1) is 17.3. The predicted molar refractivity (Wildman–Crippen MR) is 95.1 cm³/mol. The summed E-state index contributed by atoms with van der Waals surface area (Å²) < 4.78 is 5.54. The van der Waals surface area contributed by atoms with E-state index >= 15 is 0 Å². The van der Waals surface area contributed by atoms with Crippen LogP contribution in [0.5, 0.6) is 0 Å². The number of nitro benzene ring substituents is 1. The minimum absolute atomic E-state index is 0.0846. The number of fused-ring (bicyclic) bond motifs is 1. The quantitative estimate of drug-likeness (QED) is 0.476. The molecule has 2 aromatic carbocycles. The zero-order chi connectivity index (χ0) is 18.1. The molecule has 8 heteroatoms. The lowest BCUT2D eigenvalue weighted by Crippen LogP contribution is -2.26. The summed E-state index contributed by atoms with van der Waals surface area (Å²) in [6, 6.07) is 10.8. The summed E-state index contributed by atoms with van der Waals surface area (Å²) in [5.74, 6) is -0.212. The van der Waals surface area contributed by atoms with E-state index in [9.17, 15) is 14.9 Å². The Balaban J connectivity index is 1.84. The molecule has 0 bridgehead atoms. The van der Waals surface area contributed by atoms with Crippen LogP contribution in [0.1, 0.15) is 16.1 Å². The first-order chi connectivity index (χ1) is 11.8. The lowest BCUT2D eigenvalue weighted by Gasteiger charge is -2.16. The topological polar surface area (TPSA) is 76.6 Å². The van der Waals surface area contributed by atoms with Gasteiger partial charge in [0.1, 0.15) is 5.58 Å². The third-order valence-electron chi connectivity index (χ3n) is 3.68. The molecule has 0 N–H and O–H groups in total. The predicted octanol–water partition coefficient (Wildman–Crippen LogP) is 4.92. The maximum absolute atomic E-state index is 12.6. The number of carbonyl (C=O) groups is 1. The smallest absolute Gasteiger partial charge is 0.289 e. The van der Waals surface area contributed by atoms with E-state index in [0.717, 1.165) is 5.39 Å². The lowest BCUT2D eigenvalue weighted by molar-refractivity contribution is -0.384. The molecular formula is C17H12Cl2N2O4. The Morgan fingerprint density at radius 3 is 2.68 bits per heavy atom. The molecule has 0 saturated heterocycles. The fourth-order valence-corrected chi connectivity index (χ4v) is 2.79. The van der Waals surface area contributed by atoms with Gasteiger partial charge < -0.3 is 9.32 Å². The van der Waals surface area contributed by atoms with Gasteiger partial charge in [0.15, 0.2) is 5.76 Å². The highest BCUT2D eigenvalue weighted by molar-refractivity contribution is 6.31. The van der Waals surface area contributed by atoms with Crippen LogP contribution < -0.4 is 0 Å². The molecule has 6 nitrogen and oxygen atoms in total. The van der Waals surface area contributed by atoms with E-state index in [2.05, 4.69) is 0 Å². The minimum Gasteiger partial charge on any atom is -0.451 e. The van der Waals surface area contributed by atoms with Crippen LogP contribution in [0.4, 0.5) is 5.69 Å². The summed E-state index contributed by atoms with van der Waals surface area (Å²) in [6.45, 7) is 0.108. The monoisotopic (exact) mass is 378 g/mol. The van der Waals surface area contributed by atoms with Crippen LogP contribution in [-0.2, 0) is 6.54 Å². The summed E-state index contributed by atoms with van der Waals surface area (Å²) in [5.41, 5.74) is 0.944. The Morgan fingerprint density at radius 2 is 1.96 bits per heavy atom. The molecule has 0 fully saturated rings. The van der Waals surface area contributed by atoms with Gasteiger partial charge in [-0.3, -0.25) is 14.9 Å². The molecule has 0 aliphatic carbocycles. The van der Waals surface area contributed by atoms with E-state index < -0.39 is 4.92 Å². The first-order valence-corrected chi connectivity index (χ1v) is 7.98. The second kappa shape index (κ2) is 6.74. The largest absolute Gasteiger partial charge is 0.451 e. The molecule has 0 saturated carbocycles. The Bertz CT molecular complexity index is 984. The second-order valence-corrected chi connectivity index (χ2v) is 6.33. The molecule has 0 radical (unpaired) electrons. The maximum Gasteiger partial charge on any atom is 0.289 e. The average Bonchev–Trinajstić information content (AvgIpc) is 2.98. The molecular weight excluding hydrogens is 367 g/mol. The molecule has 0 aliphatic heterocycles. The summed E-state index contributed by atoms with van der Waals surface area (Å²) >= 11 is 12.0. The summed E-state index contributed by atoms with van der Waals surface area (Å²) in [7, 11) is 1.57. The van der Waals surface area contributed by atoms with E-state index in [0.29, 0.717) is 21.2 Å². The van der Waals surface area contributed by atoms with Gasteiger partial charge in [-0.2, -0.15) is 0 Å². The van der Waals surface area contributed by atoms with Gasteiger partial charge in [0.25, 0.3) is 11.6 Å². The van der Waals surface area contributed by atoms with Crippen LogP contribution in [0.3, 0.4) is 0 Å². The van der Waals surface area contributed by atoms with Gasteiger partial charge in [-0.25, -0.2) is 0 Å².